The van der Waals surface area contributed by atoms with Crippen molar-refractivity contribution in [2.24, 2.45) is 4.99 Å². The second-order valence-corrected chi connectivity index (χ2v) is 7.82. The Morgan fingerprint density at radius 3 is 2.93 bits per heavy atom. The number of hydrogen-bond acceptors (Lipinski definition) is 6. The quantitative estimate of drug-likeness (QED) is 0.652. The largest absolute Gasteiger partial charge is 0.494 e. The number of aromatic amines is 1. The number of carboxylic acid groups (broad SMARTS) is 1. The molecule has 1 atom stereocenters. The van der Waals surface area contributed by atoms with Crippen molar-refractivity contribution in [3.8, 4) is 17.4 Å². The average Bonchev–Trinajstić information content (AvgIpc) is 3.29. The molecule has 0 amide bonds. The van der Waals surface area contributed by atoms with Gasteiger partial charge in [0.15, 0.2) is 0 Å². The first-order chi connectivity index (χ1) is 13.5. The molecular formula is C20H19N3O4S. The lowest BCUT2D eigenvalue weighted by molar-refractivity contribution is -0.136. The minimum absolute atomic E-state index is 0.0349. The summed E-state index contributed by atoms with van der Waals surface area (Å²) in [6.07, 6.45) is 1.85. The smallest absolute Gasteiger partial charge is 0.304 e. The van der Waals surface area contributed by atoms with Crippen LogP contribution in [0.4, 0.5) is 0 Å². The SMILES string of the molecule is COc1cc(Oc2ccc(C)cn2)cc2cc(C3=NCC(CC(=O)O)S3)[nH]c12. The van der Waals surface area contributed by atoms with Crippen LogP contribution in [0, 0.1) is 6.92 Å². The number of aryl methyl sites for hydroxylation is 1. The Kier molecular flexibility index (Phi) is 4.95. The van der Waals surface area contributed by atoms with Crippen LogP contribution in [-0.4, -0.2) is 45.0 Å². The van der Waals surface area contributed by atoms with E-state index in [1.54, 1.807) is 19.4 Å². The summed E-state index contributed by atoms with van der Waals surface area (Å²) in [6.45, 7) is 2.48. The number of aliphatic imine (C=N–C) groups is 1. The van der Waals surface area contributed by atoms with Gasteiger partial charge in [0.1, 0.15) is 16.5 Å². The molecule has 3 aromatic rings. The molecule has 0 saturated carbocycles. The van der Waals surface area contributed by atoms with Gasteiger partial charge in [0.25, 0.3) is 0 Å². The summed E-state index contributed by atoms with van der Waals surface area (Å²) in [5, 5.41) is 10.7. The highest BCUT2D eigenvalue weighted by Gasteiger charge is 2.24. The maximum atomic E-state index is 10.9. The minimum atomic E-state index is -0.807. The second-order valence-electron chi connectivity index (χ2n) is 6.53. The summed E-state index contributed by atoms with van der Waals surface area (Å²) >= 11 is 1.48. The normalized spacial score (nSPS) is 16.2. The third-order valence-electron chi connectivity index (χ3n) is 4.34. The van der Waals surface area contributed by atoms with E-state index in [4.69, 9.17) is 14.6 Å². The zero-order valence-corrected chi connectivity index (χ0v) is 16.2. The molecule has 1 aliphatic rings. The molecular weight excluding hydrogens is 378 g/mol. The number of methoxy groups -OCH3 is 1. The summed E-state index contributed by atoms with van der Waals surface area (Å²) in [4.78, 5) is 23.0. The lowest BCUT2D eigenvalue weighted by atomic mass is 10.2. The Hall–Kier alpha value is -3.00. The molecule has 28 heavy (non-hydrogen) atoms. The summed E-state index contributed by atoms with van der Waals surface area (Å²) < 4.78 is 11.4. The number of carbonyl (C=O) groups is 1. The maximum absolute atomic E-state index is 10.9. The van der Waals surface area contributed by atoms with Crippen molar-refractivity contribution in [2.45, 2.75) is 18.6 Å². The fraction of sp³-hybridized carbons (Fsp3) is 0.250. The molecule has 0 spiro atoms. The number of benzene rings is 1. The summed E-state index contributed by atoms with van der Waals surface area (Å²) in [6, 6.07) is 9.45. The molecule has 1 aliphatic heterocycles. The Bertz CT molecular complexity index is 1060. The van der Waals surface area contributed by atoms with E-state index in [0.29, 0.717) is 23.9 Å². The van der Waals surface area contributed by atoms with Crippen molar-refractivity contribution in [1.29, 1.82) is 0 Å². The fourth-order valence-electron chi connectivity index (χ4n) is 3.02. The van der Waals surface area contributed by atoms with Gasteiger partial charge < -0.3 is 19.6 Å². The van der Waals surface area contributed by atoms with Crippen LogP contribution in [0.2, 0.25) is 0 Å². The number of pyridine rings is 1. The van der Waals surface area contributed by atoms with Crippen LogP contribution in [-0.2, 0) is 4.79 Å². The molecule has 0 radical (unpaired) electrons. The molecule has 7 nitrogen and oxygen atoms in total. The lowest BCUT2D eigenvalue weighted by Gasteiger charge is -2.08. The number of hydrogen-bond donors (Lipinski definition) is 2. The predicted octanol–water partition coefficient (Wildman–Crippen LogP) is 4.01. The van der Waals surface area contributed by atoms with Gasteiger partial charge in [-0.05, 0) is 24.6 Å². The van der Waals surface area contributed by atoms with Crippen molar-refractivity contribution in [3.63, 3.8) is 0 Å². The van der Waals surface area contributed by atoms with Gasteiger partial charge in [-0.1, -0.05) is 17.8 Å². The van der Waals surface area contributed by atoms with Gasteiger partial charge in [-0.15, -0.1) is 0 Å². The van der Waals surface area contributed by atoms with Crippen molar-refractivity contribution >= 4 is 33.7 Å². The number of fused-ring (bicyclic) bond motifs is 1. The zero-order chi connectivity index (χ0) is 19.7. The van der Waals surface area contributed by atoms with Crippen LogP contribution in [0.15, 0.2) is 41.5 Å². The Morgan fingerprint density at radius 2 is 2.21 bits per heavy atom. The number of carboxylic acids is 1. The molecule has 0 saturated heterocycles. The van der Waals surface area contributed by atoms with E-state index in [0.717, 1.165) is 27.2 Å². The van der Waals surface area contributed by atoms with E-state index in [9.17, 15) is 4.79 Å². The third-order valence-corrected chi connectivity index (χ3v) is 5.56. The summed E-state index contributed by atoms with van der Waals surface area (Å²) in [7, 11) is 1.61. The Labute approximate surface area is 165 Å². The number of H-pyrrole nitrogens is 1. The van der Waals surface area contributed by atoms with Crippen LogP contribution < -0.4 is 9.47 Å². The molecule has 8 heteroatoms. The van der Waals surface area contributed by atoms with E-state index in [-0.39, 0.29) is 11.7 Å². The van der Waals surface area contributed by atoms with Crippen molar-refractivity contribution in [1.82, 2.24) is 9.97 Å². The standard InChI is InChI=1S/C20H19N3O4S/c1-11-3-4-17(21-9-11)27-13-5-12-6-15(23-19(12)16(7-13)26-2)20-22-10-14(28-20)8-18(24)25/h3-7,9,14,23H,8,10H2,1-2H3,(H,24,25). The number of nitrogens with zero attached hydrogens (tertiary/aromatic N) is 2. The van der Waals surface area contributed by atoms with Gasteiger partial charge in [-0.25, -0.2) is 4.98 Å². The van der Waals surface area contributed by atoms with Gasteiger partial charge in [-0.3, -0.25) is 9.79 Å². The van der Waals surface area contributed by atoms with E-state index >= 15 is 0 Å². The van der Waals surface area contributed by atoms with E-state index in [1.807, 2.05) is 31.2 Å². The highest BCUT2D eigenvalue weighted by molar-refractivity contribution is 8.15. The van der Waals surface area contributed by atoms with Crippen LogP contribution >= 0.6 is 11.8 Å². The van der Waals surface area contributed by atoms with Crippen LogP contribution in [0.25, 0.3) is 10.9 Å². The molecule has 1 aromatic carbocycles. The Balaban J connectivity index is 1.62. The first-order valence-electron chi connectivity index (χ1n) is 8.76. The number of thioether (sulfide) groups is 1. The summed E-state index contributed by atoms with van der Waals surface area (Å²) in [5.74, 6) is 0.973. The first-order valence-corrected chi connectivity index (χ1v) is 9.64. The predicted molar refractivity (Wildman–Crippen MR) is 109 cm³/mol. The van der Waals surface area contributed by atoms with E-state index in [1.165, 1.54) is 11.8 Å². The first kappa shape index (κ1) is 18.4. The highest BCUT2D eigenvalue weighted by Crippen LogP contribution is 2.35. The molecule has 3 heterocycles. The van der Waals surface area contributed by atoms with Crippen LogP contribution in [0.5, 0.6) is 17.4 Å². The fourth-order valence-corrected chi connectivity index (χ4v) is 4.10. The van der Waals surface area contributed by atoms with Crippen molar-refractivity contribution in [3.05, 3.63) is 47.8 Å². The molecule has 2 N–H and O–H groups in total. The molecule has 0 fully saturated rings. The molecule has 0 aliphatic carbocycles. The summed E-state index contributed by atoms with van der Waals surface area (Å²) in [5.41, 5.74) is 2.75. The molecule has 2 aromatic heterocycles. The highest BCUT2D eigenvalue weighted by atomic mass is 32.2. The number of ether oxygens (including phenoxy) is 2. The number of rotatable bonds is 6. The minimum Gasteiger partial charge on any atom is -0.494 e. The third kappa shape index (κ3) is 3.82. The maximum Gasteiger partial charge on any atom is 0.304 e. The molecule has 0 bridgehead atoms. The van der Waals surface area contributed by atoms with Gasteiger partial charge in [0.05, 0.1) is 31.3 Å². The van der Waals surface area contributed by atoms with Crippen LogP contribution in [0.1, 0.15) is 17.7 Å². The number of nitrogens with one attached hydrogen (secondary N) is 1. The van der Waals surface area contributed by atoms with E-state index < -0.39 is 5.97 Å². The molecule has 4 rings (SSSR count). The lowest BCUT2D eigenvalue weighted by Crippen LogP contribution is -2.10. The monoisotopic (exact) mass is 397 g/mol. The average molecular weight is 397 g/mol. The van der Waals surface area contributed by atoms with Crippen LogP contribution in [0.3, 0.4) is 0 Å². The van der Waals surface area contributed by atoms with E-state index in [2.05, 4.69) is 15.0 Å². The number of aromatic nitrogens is 2. The van der Waals surface area contributed by atoms with Crippen molar-refractivity contribution in [2.75, 3.05) is 13.7 Å². The molecule has 144 valence electrons. The molecule has 1 unspecified atom stereocenters. The van der Waals surface area contributed by atoms with Crippen molar-refractivity contribution < 1.29 is 19.4 Å². The van der Waals surface area contributed by atoms with Gasteiger partial charge in [-0.2, -0.15) is 0 Å². The van der Waals surface area contributed by atoms with Gasteiger partial charge >= 0.3 is 5.97 Å². The zero-order valence-electron chi connectivity index (χ0n) is 15.4. The topological polar surface area (TPSA) is 96.8 Å². The van der Waals surface area contributed by atoms with Gasteiger partial charge in [0.2, 0.25) is 5.88 Å². The Morgan fingerprint density at radius 1 is 1.36 bits per heavy atom. The second kappa shape index (κ2) is 7.55. The van der Waals surface area contributed by atoms with Gasteiger partial charge in [0, 0.05) is 29.0 Å². The number of aliphatic carboxylic acids is 1.